The standard InChI is InChI=1S/C24H25F3N6O/c25-24(26,27)17-10-12-18(13-11-17)30-21-9-5-4-8-20(21)22(28)31-33(29)16-23(34)14-32(15-23)19-6-2-1-3-7-19/h1-13,30,34H,14-16,29H2,(H2,28,31). The minimum absolute atomic E-state index is 0.0749. The molecule has 1 saturated heterocycles. The first kappa shape index (κ1) is 23.4. The molecule has 0 unspecified atom stereocenters. The Morgan fingerprint density at radius 1 is 1.00 bits per heavy atom. The van der Waals surface area contributed by atoms with Crippen LogP contribution in [0.15, 0.2) is 84.0 Å². The topological polar surface area (TPSA) is 103 Å². The van der Waals surface area contributed by atoms with Crippen LogP contribution in [0.4, 0.5) is 30.2 Å². The summed E-state index contributed by atoms with van der Waals surface area (Å²) >= 11 is 0. The number of hydrazine groups is 1. The first-order valence-corrected chi connectivity index (χ1v) is 10.6. The van der Waals surface area contributed by atoms with Crippen molar-refractivity contribution < 1.29 is 18.3 Å². The Kier molecular flexibility index (Phi) is 6.36. The Morgan fingerprint density at radius 3 is 2.26 bits per heavy atom. The fourth-order valence-electron chi connectivity index (χ4n) is 3.83. The number of hydrogen-bond acceptors (Lipinski definition) is 6. The van der Waals surface area contributed by atoms with Gasteiger partial charge in [0.15, 0.2) is 5.84 Å². The number of benzene rings is 3. The number of nitrogens with zero attached hydrogens (tertiary/aromatic N) is 3. The zero-order valence-corrected chi connectivity index (χ0v) is 18.2. The van der Waals surface area contributed by atoms with Crippen molar-refractivity contribution in [3.05, 3.63) is 90.0 Å². The number of nitrogens with two attached hydrogens (primary N) is 2. The van der Waals surface area contributed by atoms with Crippen molar-refractivity contribution in [2.24, 2.45) is 16.7 Å². The Balaban J connectivity index is 1.42. The number of nitrogens with one attached hydrogen (secondary N) is 1. The van der Waals surface area contributed by atoms with Crippen LogP contribution in [-0.4, -0.2) is 41.3 Å². The third-order valence-electron chi connectivity index (χ3n) is 5.48. The highest BCUT2D eigenvalue weighted by Crippen LogP contribution is 2.31. The summed E-state index contributed by atoms with van der Waals surface area (Å²) in [6, 6.07) is 21.4. The first-order chi connectivity index (χ1) is 16.1. The van der Waals surface area contributed by atoms with Gasteiger partial charge in [0.2, 0.25) is 0 Å². The molecule has 0 bridgehead atoms. The number of anilines is 3. The van der Waals surface area contributed by atoms with Crippen molar-refractivity contribution in [2.75, 3.05) is 29.9 Å². The maximum atomic E-state index is 12.8. The molecule has 3 aromatic carbocycles. The molecule has 6 N–H and O–H groups in total. The molecule has 34 heavy (non-hydrogen) atoms. The van der Waals surface area contributed by atoms with E-state index in [1.807, 2.05) is 35.2 Å². The first-order valence-electron chi connectivity index (χ1n) is 10.6. The molecule has 3 aromatic rings. The summed E-state index contributed by atoms with van der Waals surface area (Å²) < 4.78 is 38.4. The van der Waals surface area contributed by atoms with E-state index in [2.05, 4.69) is 10.4 Å². The number of para-hydroxylation sites is 2. The smallest absolute Gasteiger partial charge is 0.384 e. The maximum Gasteiger partial charge on any atom is 0.416 e. The molecule has 0 aromatic heterocycles. The fourth-order valence-corrected chi connectivity index (χ4v) is 3.83. The van der Waals surface area contributed by atoms with Crippen molar-refractivity contribution in [2.45, 2.75) is 11.8 Å². The molecule has 7 nitrogen and oxygen atoms in total. The average molecular weight is 470 g/mol. The van der Waals surface area contributed by atoms with Gasteiger partial charge in [-0.25, -0.2) is 11.0 Å². The Labute approximate surface area is 195 Å². The largest absolute Gasteiger partial charge is 0.416 e. The lowest BCUT2D eigenvalue weighted by Gasteiger charge is -2.48. The van der Waals surface area contributed by atoms with E-state index in [0.717, 1.165) is 22.9 Å². The molecule has 1 aliphatic rings. The van der Waals surface area contributed by atoms with Crippen LogP contribution in [0.3, 0.4) is 0 Å². The summed E-state index contributed by atoms with van der Waals surface area (Å²) in [5.74, 6) is 6.11. The van der Waals surface area contributed by atoms with E-state index in [-0.39, 0.29) is 12.4 Å². The maximum absolute atomic E-state index is 12.8. The highest BCUT2D eigenvalue weighted by Gasteiger charge is 2.42. The van der Waals surface area contributed by atoms with Crippen LogP contribution in [0.2, 0.25) is 0 Å². The lowest BCUT2D eigenvalue weighted by Crippen LogP contribution is -2.66. The second-order valence-electron chi connectivity index (χ2n) is 8.24. The van der Waals surface area contributed by atoms with Gasteiger partial charge in [-0.3, -0.25) is 0 Å². The number of hydrogen-bond donors (Lipinski definition) is 4. The van der Waals surface area contributed by atoms with E-state index >= 15 is 0 Å². The number of hydrazone groups is 1. The van der Waals surface area contributed by atoms with Gasteiger partial charge in [0.05, 0.1) is 25.2 Å². The summed E-state index contributed by atoms with van der Waals surface area (Å²) in [4.78, 5) is 2.03. The number of alkyl halides is 3. The number of halogens is 3. The van der Waals surface area contributed by atoms with Crippen LogP contribution in [-0.2, 0) is 6.18 Å². The predicted octanol–water partition coefficient (Wildman–Crippen LogP) is 3.50. The molecule has 10 heteroatoms. The molecule has 178 valence electrons. The van der Waals surface area contributed by atoms with Gasteiger partial charge in [-0.05, 0) is 48.5 Å². The van der Waals surface area contributed by atoms with Crippen LogP contribution in [0.25, 0.3) is 0 Å². The normalized spacial score (nSPS) is 15.6. The molecular weight excluding hydrogens is 445 g/mol. The van der Waals surface area contributed by atoms with E-state index in [1.54, 1.807) is 24.3 Å². The quantitative estimate of drug-likeness (QED) is 0.182. The highest BCUT2D eigenvalue weighted by atomic mass is 19.4. The molecule has 0 saturated carbocycles. The Bertz CT molecular complexity index is 1150. The minimum Gasteiger partial charge on any atom is -0.384 e. The summed E-state index contributed by atoms with van der Waals surface area (Å²) in [6.45, 7) is 0.893. The number of β-amino-alcohol motifs (C(OH)–C–C–N with tert-alkyl or cyclic N) is 1. The molecular formula is C24H25F3N6O. The van der Waals surface area contributed by atoms with Gasteiger partial charge < -0.3 is 21.1 Å². The van der Waals surface area contributed by atoms with Gasteiger partial charge in [-0.15, -0.1) is 5.10 Å². The molecule has 1 fully saturated rings. The molecule has 0 amide bonds. The minimum atomic E-state index is -4.40. The van der Waals surface area contributed by atoms with Gasteiger partial charge in [-0.2, -0.15) is 13.2 Å². The molecule has 1 aliphatic heterocycles. The van der Waals surface area contributed by atoms with Crippen LogP contribution in [0, 0.1) is 0 Å². The third-order valence-corrected chi connectivity index (χ3v) is 5.48. The van der Waals surface area contributed by atoms with Gasteiger partial charge in [0.1, 0.15) is 5.60 Å². The second-order valence-corrected chi connectivity index (χ2v) is 8.24. The average Bonchev–Trinajstić information content (AvgIpc) is 2.78. The van der Waals surface area contributed by atoms with Crippen molar-refractivity contribution in [1.29, 1.82) is 0 Å². The summed E-state index contributed by atoms with van der Waals surface area (Å²) in [7, 11) is 0. The van der Waals surface area contributed by atoms with E-state index in [0.29, 0.717) is 30.0 Å². The Morgan fingerprint density at radius 2 is 1.62 bits per heavy atom. The van der Waals surface area contributed by atoms with E-state index in [4.69, 9.17) is 11.6 Å². The zero-order chi connectivity index (χ0) is 24.3. The highest BCUT2D eigenvalue weighted by molar-refractivity contribution is 6.02. The van der Waals surface area contributed by atoms with Crippen molar-refractivity contribution in [3.8, 4) is 0 Å². The Hall–Kier alpha value is -3.76. The van der Waals surface area contributed by atoms with Crippen molar-refractivity contribution in [3.63, 3.8) is 0 Å². The second kappa shape index (κ2) is 9.24. The SMILES string of the molecule is N/C(=N\N(N)CC1(O)CN(c2ccccc2)C1)c1ccccc1Nc1ccc(C(F)(F)F)cc1. The molecule has 0 spiro atoms. The van der Waals surface area contributed by atoms with Gasteiger partial charge in [-0.1, -0.05) is 30.3 Å². The van der Waals surface area contributed by atoms with Crippen LogP contribution < -0.4 is 21.8 Å². The van der Waals surface area contributed by atoms with E-state index in [9.17, 15) is 18.3 Å². The number of amidine groups is 1. The third kappa shape index (κ3) is 5.41. The lowest BCUT2D eigenvalue weighted by molar-refractivity contribution is -0.137. The monoisotopic (exact) mass is 470 g/mol. The fraction of sp³-hybridized carbons (Fsp3) is 0.208. The summed E-state index contributed by atoms with van der Waals surface area (Å²) in [5.41, 5.74) is 6.95. The van der Waals surface area contributed by atoms with Gasteiger partial charge in [0, 0.05) is 22.6 Å². The molecule has 0 aliphatic carbocycles. The summed E-state index contributed by atoms with van der Waals surface area (Å²) in [6.07, 6.45) is -4.40. The van der Waals surface area contributed by atoms with Crippen LogP contribution >= 0.6 is 0 Å². The zero-order valence-electron chi connectivity index (χ0n) is 18.2. The van der Waals surface area contributed by atoms with E-state index in [1.165, 1.54) is 12.1 Å². The molecule has 0 radical (unpaired) electrons. The number of rotatable bonds is 7. The van der Waals surface area contributed by atoms with Gasteiger partial charge in [0.25, 0.3) is 0 Å². The molecule has 4 rings (SSSR count). The van der Waals surface area contributed by atoms with Crippen molar-refractivity contribution in [1.82, 2.24) is 5.12 Å². The van der Waals surface area contributed by atoms with Gasteiger partial charge >= 0.3 is 6.18 Å². The summed E-state index contributed by atoms with van der Waals surface area (Å²) in [5, 5.41) is 19.1. The van der Waals surface area contributed by atoms with Crippen LogP contribution in [0.5, 0.6) is 0 Å². The molecule has 0 atom stereocenters. The van der Waals surface area contributed by atoms with Crippen LogP contribution in [0.1, 0.15) is 11.1 Å². The number of aliphatic hydroxyl groups is 1. The van der Waals surface area contributed by atoms with E-state index < -0.39 is 17.3 Å². The molecule has 1 heterocycles. The predicted molar refractivity (Wildman–Crippen MR) is 126 cm³/mol. The lowest BCUT2D eigenvalue weighted by atomic mass is 9.93. The van der Waals surface area contributed by atoms with Crippen molar-refractivity contribution >= 4 is 22.9 Å².